The molecule has 0 spiro atoms. The van der Waals surface area contributed by atoms with Gasteiger partial charge < -0.3 is 10.1 Å². The van der Waals surface area contributed by atoms with Gasteiger partial charge in [-0.1, -0.05) is 48.9 Å². The molecule has 0 bridgehead atoms. The third-order valence-corrected chi connectivity index (χ3v) is 6.00. The summed E-state index contributed by atoms with van der Waals surface area (Å²) < 4.78 is 32.6. The average Bonchev–Trinajstić information content (AvgIpc) is 2.71. The van der Waals surface area contributed by atoms with Crippen molar-refractivity contribution in [1.29, 1.82) is 0 Å². The second-order valence-corrected chi connectivity index (χ2v) is 8.55. The minimum Gasteiger partial charge on any atom is -0.452 e. The molecule has 0 heterocycles. The Hall–Kier alpha value is -2.42. The molecule has 7 nitrogen and oxygen atoms in total. The zero-order chi connectivity index (χ0) is 21.4. The molecule has 0 aliphatic rings. The van der Waals surface area contributed by atoms with Crippen LogP contribution in [0.2, 0.25) is 5.02 Å². The van der Waals surface area contributed by atoms with Gasteiger partial charge in [-0.15, -0.1) is 0 Å². The molecular weight excluding hydrogens is 416 g/mol. The van der Waals surface area contributed by atoms with E-state index in [9.17, 15) is 18.0 Å². The normalized spacial score (nSPS) is 12.2. The van der Waals surface area contributed by atoms with E-state index >= 15 is 0 Å². The van der Waals surface area contributed by atoms with Crippen LogP contribution in [0.1, 0.15) is 36.2 Å². The Morgan fingerprint density at radius 2 is 1.83 bits per heavy atom. The van der Waals surface area contributed by atoms with Gasteiger partial charge in [0.1, 0.15) is 4.90 Å². The summed E-state index contributed by atoms with van der Waals surface area (Å²) in [4.78, 5) is 23.7. The molecule has 2 N–H and O–H groups in total. The largest absolute Gasteiger partial charge is 0.452 e. The molecule has 2 aromatic rings. The molecule has 2 rings (SSSR count). The van der Waals surface area contributed by atoms with Crippen LogP contribution in [0.15, 0.2) is 53.4 Å². The zero-order valence-electron chi connectivity index (χ0n) is 16.1. The molecule has 9 heteroatoms. The van der Waals surface area contributed by atoms with E-state index in [1.165, 1.54) is 12.1 Å². The van der Waals surface area contributed by atoms with Crippen molar-refractivity contribution >= 4 is 33.5 Å². The molecule has 0 fully saturated rings. The lowest BCUT2D eigenvalue weighted by Crippen LogP contribution is -2.35. The molecule has 0 radical (unpaired) electrons. The van der Waals surface area contributed by atoms with E-state index in [0.29, 0.717) is 0 Å². The van der Waals surface area contributed by atoms with E-state index < -0.39 is 28.5 Å². The van der Waals surface area contributed by atoms with Crippen LogP contribution in [0, 0.1) is 0 Å². The van der Waals surface area contributed by atoms with Crippen molar-refractivity contribution in [3.8, 4) is 0 Å². The molecule has 0 aromatic heterocycles. The topological polar surface area (TPSA) is 102 Å². The van der Waals surface area contributed by atoms with E-state index in [1.54, 1.807) is 24.3 Å². The number of hydrogen-bond acceptors (Lipinski definition) is 5. The Balaban J connectivity index is 2.08. The Bertz CT molecular complexity index is 964. The third kappa shape index (κ3) is 6.85. The number of amides is 1. The molecule has 156 valence electrons. The van der Waals surface area contributed by atoms with Gasteiger partial charge in [0, 0.05) is 12.6 Å². The van der Waals surface area contributed by atoms with E-state index in [2.05, 4.69) is 10.0 Å². The third-order valence-electron chi connectivity index (χ3n) is 4.12. The van der Waals surface area contributed by atoms with Gasteiger partial charge >= 0.3 is 5.97 Å². The smallest absolute Gasteiger partial charge is 0.338 e. The van der Waals surface area contributed by atoms with E-state index in [0.717, 1.165) is 18.1 Å². The fraction of sp³-hybridized carbons (Fsp3) is 0.300. The van der Waals surface area contributed by atoms with Gasteiger partial charge in [0.25, 0.3) is 5.91 Å². The average molecular weight is 439 g/mol. The molecule has 29 heavy (non-hydrogen) atoms. The minimum atomic E-state index is -3.96. The van der Waals surface area contributed by atoms with Gasteiger partial charge in [0.05, 0.1) is 10.6 Å². The Kier molecular flexibility index (Phi) is 8.19. The summed E-state index contributed by atoms with van der Waals surface area (Å²) in [5.74, 6) is -1.25. The summed E-state index contributed by atoms with van der Waals surface area (Å²) in [5, 5.41) is 2.64. The van der Waals surface area contributed by atoms with Crippen molar-refractivity contribution < 1.29 is 22.7 Å². The molecular formula is C20H23ClN2O5S. The molecule has 0 saturated heterocycles. The zero-order valence-corrected chi connectivity index (χ0v) is 17.7. The predicted molar refractivity (Wildman–Crippen MR) is 110 cm³/mol. The standard InChI is InChI=1S/C20H23ClN2O5S/c1-3-14(2)23-19(24)13-28-20(25)16-9-10-17(21)18(11-16)29(26,27)22-12-15-7-5-4-6-8-15/h4-11,14,22H,3,12-13H2,1-2H3,(H,23,24)/t14-/m1/s1. The summed E-state index contributed by atoms with van der Waals surface area (Å²) in [6.07, 6.45) is 0.744. The summed E-state index contributed by atoms with van der Waals surface area (Å²) in [7, 11) is -3.96. The summed E-state index contributed by atoms with van der Waals surface area (Å²) in [6.45, 7) is 3.36. The van der Waals surface area contributed by atoms with Crippen molar-refractivity contribution in [1.82, 2.24) is 10.0 Å². The number of esters is 1. The Morgan fingerprint density at radius 3 is 2.48 bits per heavy atom. The highest BCUT2D eigenvalue weighted by atomic mass is 35.5. The second kappa shape index (κ2) is 10.4. The van der Waals surface area contributed by atoms with Crippen LogP contribution in [-0.2, 0) is 26.1 Å². The second-order valence-electron chi connectivity index (χ2n) is 6.41. The summed E-state index contributed by atoms with van der Waals surface area (Å²) in [5.41, 5.74) is 0.751. The monoisotopic (exact) mass is 438 g/mol. The molecule has 0 saturated carbocycles. The molecule has 1 amide bonds. The van der Waals surface area contributed by atoms with Crippen molar-refractivity contribution in [2.45, 2.75) is 37.8 Å². The van der Waals surface area contributed by atoms with Gasteiger partial charge in [-0.3, -0.25) is 4.79 Å². The maximum absolute atomic E-state index is 12.6. The number of hydrogen-bond donors (Lipinski definition) is 2. The van der Waals surface area contributed by atoms with Gasteiger partial charge in [-0.25, -0.2) is 17.9 Å². The lowest BCUT2D eigenvalue weighted by Gasteiger charge is -2.12. The van der Waals surface area contributed by atoms with Gasteiger partial charge in [0.15, 0.2) is 6.61 Å². The first-order chi connectivity index (χ1) is 13.7. The van der Waals surface area contributed by atoms with E-state index in [-0.39, 0.29) is 28.1 Å². The number of rotatable bonds is 9. The van der Waals surface area contributed by atoms with Crippen LogP contribution < -0.4 is 10.0 Å². The highest BCUT2D eigenvalue weighted by Crippen LogP contribution is 2.23. The number of benzene rings is 2. The highest BCUT2D eigenvalue weighted by Gasteiger charge is 2.21. The van der Waals surface area contributed by atoms with Crippen LogP contribution in [0.25, 0.3) is 0 Å². The van der Waals surface area contributed by atoms with Crippen LogP contribution in [0.3, 0.4) is 0 Å². The van der Waals surface area contributed by atoms with Crippen LogP contribution in [-0.4, -0.2) is 32.9 Å². The first-order valence-electron chi connectivity index (χ1n) is 9.02. The van der Waals surface area contributed by atoms with E-state index in [4.69, 9.17) is 16.3 Å². The predicted octanol–water partition coefficient (Wildman–Crippen LogP) is 2.89. The minimum absolute atomic E-state index is 0.0224. The van der Waals surface area contributed by atoms with Crippen LogP contribution >= 0.6 is 11.6 Å². The summed E-state index contributed by atoms with van der Waals surface area (Å²) >= 11 is 6.03. The van der Waals surface area contributed by atoms with Crippen molar-refractivity contribution in [2.24, 2.45) is 0 Å². The van der Waals surface area contributed by atoms with Gasteiger partial charge in [0.2, 0.25) is 10.0 Å². The fourth-order valence-corrected chi connectivity index (χ4v) is 3.86. The van der Waals surface area contributed by atoms with Crippen molar-refractivity contribution in [2.75, 3.05) is 6.61 Å². The first-order valence-corrected chi connectivity index (χ1v) is 10.9. The maximum Gasteiger partial charge on any atom is 0.338 e. The highest BCUT2D eigenvalue weighted by molar-refractivity contribution is 7.89. The number of sulfonamides is 1. The number of carbonyl (C=O) groups is 2. The summed E-state index contributed by atoms with van der Waals surface area (Å²) in [6, 6.07) is 12.7. The number of halogens is 1. The molecule has 2 aromatic carbocycles. The SMILES string of the molecule is CC[C@@H](C)NC(=O)COC(=O)c1ccc(Cl)c(S(=O)(=O)NCc2ccccc2)c1. The maximum atomic E-state index is 12.6. The lowest BCUT2D eigenvalue weighted by atomic mass is 10.2. The van der Waals surface area contributed by atoms with Crippen LogP contribution in [0.5, 0.6) is 0 Å². The van der Waals surface area contributed by atoms with Gasteiger partial charge in [-0.05, 0) is 37.1 Å². The fourth-order valence-electron chi connectivity index (χ4n) is 2.32. The van der Waals surface area contributed by atoms with Gasteiger partial charge in [-0.2, -0.15) is 0 Å². The lowest BCUT2D eigenvalue weighted by molar-refractivity contribution is -0.124. The molecule has 0 aliphatic heterocycles. The Morgan fingerprint density at radius 1 is 1.14 bits per heavy atom. The first kappa shape index (κ1) is 22.9. The number of ether oxygens (including phenoxy) is 1. The van der Waals surface area contributed by atoms with Crippen LogP contribution in [0.4, 0.5) is 0 Å². The molecule has 0 aliphatic carbocycles. The van der Waals surface area contributed by atoms with Crippen molar-refractivity contribution in [3.63, 3.8) is 0 Å². The Labute approximate surface area is 175 Å². The number of carbonyl (C=O) groups excluding carboxylic acids is 2. The molecule has 1 atom stereocenters. The molecule has 0 unspecified atom stereocenters. The number of nitrogens with one attached hydrogen (secondary N) is 2. The van der Waals surface area contributed by atoms with E-state index in [1.807, 2.05) is 19.9 Å². The van der Waals surface area contributed by atoms with Crippen molar-refractivity contribution in [3.05, 3.63) is 64.7 Å². The quantitative estimate of drug-likeness (QED) is 0.586.